The van der Waals surface area contributed by atoms with Gasteiger partial charge in [0.05, 0.1) is 13.7 Å². The second-order valence-corrected chi connectivity index (χ2v) is 5.47. The lowest BCUT2D eigenvalue weighted by Crippen LogP contribution is -2.40. The van der Waals surface area contributed by atoms with Crippen LogP contribution in [0.25, 0.3) is 0 Å². The smallest absolute Gasteiger partial charge is 0.119 e. The third-order valence-electron chi connectivity index (χ3n) is 4.14. The molecular formula is C17H27NO2. The van der Waals surface area contributed by atoms with Crippen molar-refractivity contribution in [3.05, 3.63) is 24.3 Å². The molecule has 1 aromatic carbocycles. The summed E-state index contributed by atoms with van der Waals surface area (Å²) in [6, 6.07) is 8.60. The van der Waals surface area contributed by atoms with E-state index in [4.69, 9.17) is 9.47 Å². The third kappa shape index (κ3) is 4.41. The van der Waals surface area contributed by atoms with E-state index in [0.29, 0.717) is 0 Å². The van der Waals surface area contributed by atoms with Crippen molar-refractivity contribution < 1.29 is 9.47 Å². The summed E-state index contributed by atoms with van der Waals surface area (Å²) in [4.78, 5) is 2.64. The summed E-state index contributed by atoms with van der Waals surface area (Å²) < 4.78 is 10.9. The van der Waals surface area contributed by atoms with Crippen molar-refractivity contribution in [2.75, 3.05) is 26.8 Å². The Morgan fingerprint density at radius 3 is 2.60 bits per heavy atom. The molecule has 1 aliphatic rings. The van der Waals surface area contributed by atoms with E-state index in [1.165, 1.54) is 32.2 Å². The van der Waals surface area contributed by atoms with E-state index in [1.807, 2.05) is 24.3 Å². The van der Waals surface area contributed by atoms with Crippen LogP contribution in [0, 0.1) is 0 Å². The SMILES string of the molecule is CCC1CCCCN1CCCOc1ccc(OC)cc1. The minimum Gasteiger partial charge on any atom is -0.497 e. The average molecular weight is 277 g/mol. The summed E-state index contributed by atoms with van der Waals surface area (Å²) in [5.74, 6) is 1.80. The van der Waals surface area contributed by atoms with Crippen molar-refractivity contribution in [3.8, 4) is 11.5 Å². The van der Waals surface area contributed by atoms with Gasteiger partial charge in [0.1, 0.15) is 11.5 Å². The van der Waals surface area contributed by atoms with Gasteiger partial charge in [-0.15, -0.1) is 0 Å². The maximum atomic E-state index is 5.78. The molecule has 0 bridgehead atoms. The Morgan fingerprint density at radius 1 is 1.15 bits per heavy atom. The first-order valence-corrected chi connectivity index (χ1v) is 7.84. The van der Waals surface area contributed by atoms with Gasteiger partial charge < -0.3 is 14.4 Å². The van der Waals surface area contributed by atoms with Crippen molar-refractivity contribution in [1.82, 2.24) is 4.90 Å². The number of benzene rings is 1. The van der Waals surface area contributed by atoms with Gasteiger partial charge in [-0.2, -0.15) is 0 Å². The number of rotatable bonds is 7. The van der Waals surface area contributed by atoms with Gasteiger partial charge in [-0.25, -0.2) is 0 Å². The van der Waals surface area contributed by atoms with Gasteiger partial charge in [-0.1, -0.05) is 13.3 Å². The highest BCUT2D eigenvalue weighted by atomic mass is 16.5. The van der Waals surface area contributed by atoms with Gasteiger partial charge in [0.25, 0.3) is 0 Å². The van der Waals surface area contributed by atoms with Crippen LogP contribution in [0.2, 0.25) is 0 Å². The predicted molar refractivity (Wildman–Crippen MR) is 82.6 cm³/mol. The minimum atomic E-state index is 0.791. The Hall–Kier alpha value is -1.22. The molecule has 1 atom stereocenters. The van der Waals surface area contributed by atoms with Crippen molar-refractivity contribution in [2.45, 2.75) is 45.1 Å². The van der Waals surface area contributed by atoms with Crippen LogP contribution in [0.5, 0.6) is 11.5 Å². The monoisotopic (exact) mass is 277 g/mol. The normalized spacial score (nSPS) is 19.8. The van der Waals surface area contributed by atoms with E-state index in [9.17, 15) is 0 Å². The molecule has 112 valence electrons. The number of piperidine rings is 1. The Morgan fingerprint density at radius 2 is 1.90 bits per heavy atom. The van der Waals surface area contributed by atoms with Crippen molar-refractivity contribution >= 4 is 0 Å². The fourth-order valence-corrected chi connectivity index (χ4v) is 2.95. The van der Waals surface area contributed by atoms with Crippen LogP contribution in [-0.2, 0) is 0 Å². The quantitative estimate of drug-likeness (QED) is 0.709. The number of nitrogens with zero attached hydrogens (tertiary/aromatic N) is 1. The number of likely N-dealkylation sites (tertiary alicyclic amines) is 1. The van der Waals surface area contributed by atoms with E-state index in [0.717, 1.165) is 37.1 Å². The van der Waals surface area contributed by atoms with E-state index in [1.54, 1.807) is 7.11 Å². The Labute approximate surface area is 122 Å². The molecule has 1 aromatic rings. The van der Waals surface area contributed by atoms with Gasteiger partial charge in [0, 0.05) is 12.6 Å². The van der Waals surface area contributed by atoms with Gasteiger partial charge in [0.15, 0.2) is 0 Å². The second kappa shape index (κ2) is 8.15. The van der Waals surface area contributed by atoms with E-state index in [2.05, 4.69) is 11.8 Å². The fourth-order valence-electron chi connectivity index (χ4n) is 2.95. The van der Waals surface area contributed by atoms with Crippen molar-refractivity contribution in [3.63, 3.8) is 0 Å². The summed E-state index contributed by atoms with van der Waals surface area (Å²) in [6.45, 7) is 5.52. The summed E-state index contributed by atoms with van der Waals surface area (Å²) >= 11 is 0. The molecule has 1 saturated heterocycles. The molecule has 1 heterocycles. The van der Waals surface area contributed by atoms with Crippen LogP contribution in [0.1, 0.15) is 39.0 Å². The molecule has 0 aliphatic carbocycles. The molecule has 0 aromatic heterocycles. The zero-order chi connectivity index (χ0) is 14.2. The molecule has 1 unspecified atom stereocenters. The number of ether oxygens (including phenoxy) is 2. The maximum absolute atomic E-state index is 5.78. The van der Waals surface area contributed by atoms with E-state index >= 15 is 0 Å². The molecule has 20 heavy (non-hydrogen) atoms. The van der Waals surface area contributed by atoms with Crippen LogP contribution in [0.3, 0.4) is 0 Å². The van der Waals surface area contributed by atoms with Gasteiger partial charge in [-0.3, -0.25) is 0 Å². The molecule has 2 rings (SSSR count). The summed E-state index contributed by atoms with van der Waals surface area (Å²) in [5.41, 5.74) is 0. The zero-order valence-corrected chi connectivity index (χ0v) is 12.8. The zero-order valence-electron chi connectivity index (χ0n) is 12.8. The molecule has 0 saturated carbocycles. The number of hydrogen-bond acceptors (Lipinski definition) is 3. The summed E-state index contributed by atoms with van der Waals surface area (Å²) in [6.07, 6.45) is 6.50. The molecule has 3 nitrogen and oxygen atoms in total. The molecule has 0 radical (unpaired) electrons. The van der Waals surface area contributed by atoms with Crippen LogP contribution in [-0.4, -0.2) is 37.7 Å². The van der Waals surface area contributed by atoms with E-state index < -0.39 is 0 Å². The first-order chi connectivity index (χ1) is 9.83. The second-order valence-electron chi connectivity index (χ2n) is 5.47. The first kappa shape index (κ1) is 15.2. The van der Waals surface area contributed by atoms with Crippen molar-refractivity contribution in [2.24, 2.45) is 0 Å². The number of methoxy groups -OCH3 is 1. The van der Waals surface area contributed by atoms with Crippen molar-refractivity contribution in [1.29, 1.82) is 0 Å². The van der Waals surface area contributed by atoms with Crippen LogP contribution in [0.4, 0.5) is 0 Å². The average Bonchev–Trinajstić information content (AvgIpc) is 2.52. The molecule has 3 heteroatoms. The fraction of sp³-hybridized carbons (Fsp3) is 0.647. The molecule has 1 aliphatic heterocycles. The van der Waals surface area contributed by atoms with E-state index in [-0.39, 0.29) is 0 Å². The van der Waals surface area contributed by atoms with Gasteiger partial charge in [-0.05, 0) is 56.5 Å². The topological polar surface area (TPSA) is 21.7 Å². The molecular weight excluding hydrogens is 250 g/mol. The predicted octanol–water partition coefficient (Wildman–Crippen LogP) is 3.73. The minimum absolute atomic E-state index is 0.791. The first-order valence-electron chi connectivity index (χ1n) is 7.84. The highest BCUT2D eigenvalue weighted by Gasteiger charge is 2.19. The Kier molecular flexibility index (Phi) is 6.19. The van der Waals surface area contributed by atoms with Crippen LogP contribution >= 0.6 is 0 Å². The lowest BCUT2D eigenvalue weighted by Gasteiger charge is -2.35. The summed E-state index contributed by atoms with van der Waals surface area (Å²) in [7, 11) is 1.68. The maximum Gasteiger partial charge on any atom is 0.119 e. The van der Waals surface area contributed by atoms with Gasteiger partial charge in [0.2, 0.25) is 0 Å². The molecule has 1 fully saturated rings. The summed E-state index contributed by atoms with van der Waals surface area (Å²) in [5, 5.41) is 0. The molecule has 0 N–H and O–H groups in total. The molecule has 0 amide bonds. The molecule has 0 spiro atoms. The Balaban J connectivity index is 1.67. The van der Waals surface area contributed by atoms with Crippen LogP contribution < -0.4 is 9.47 Å². The van der Waals surface area contributed by atoms with Crippen LogP contribution in [0.15, 0.2) is 24.3 Å². The highest BCUT2D eigenvalue weighted by molar-refractivity contribution is 5.31. The highest BCUT2D eigenvalue weighted by Crippen LogP contribution is 2.20. The van der Waals surface area contributed by atoms with Gasteiger partial charge >= 0.3 is 0 Å². The lowest BCUT2D eigenvalue weighted by molar-refractivity contribution is 0.134. The lowest BCUT2D eigenvalue weighted by atomic mass is 10.00. The third-order valence-corrected chi connectivity index (χ3v) is 4.14. The largest absolute Gasteiger partial charge is 0.497 e. The standard InChI is InChI=1S/C17H27NO2/c1-3-15-7-4-5-12-18(15)13-6-14-20-17-10-8-16(19-2)9-11-17/h8-11,15H,3-7,12-14H2,1-2H3. The Bertz CT molecular complexity index is 377. The number of hydrogen-bond donors (Lipinski definition) is 0.